The number of aromatic nitrogens is 21. The zero-order chi connectivity index (χ0) is 104. The second kappa shape index (κ2) is 218. The molecule has 0 aliphatic rings. The van der Waals surface area contributed by atoms with Crippen LogP contribution in [0.1, 0.15) is 381 Å². The van der Waals surface area contributed by atoms with E-state index < -0.39 is 0 Å². The fourth-order valence-corrected chi connectivity index (χ4v) is 2.60. The Hall–Kier alpha value is -9.47. The predicted octanol–water partition coefficient (Wildman–Crippen LogP) is 34.7. The highest BCUT2D eigenvalue weighted by Gasteiger charge is 1.74. The first-order valence-corrected chi connectivity index (χ1v) is 47.4. The summed E-state index contributed by atoms with van der Waals surface area (Å²) in [6.07, 6.45) is 40.5. The van der Waals surface area contributed by atoms with Crippen LogP contribution in [0.15, 0.2) is 245 Å². The van der Waals surface area contributed by atoms with Gasteiger partial charge in [-0.15, -0.1) is 5.10 Å². The molecule has 0 saturated heterocycles. The zero-order valence-corrected chi connectivity index (χ0v) is 93.9. The second-order valence-electron chi connectivity index (χ2n) is 28.3. The quantitative estimate of drug-likeness (QED) is 0.110. The van der Waals surface area contributed by atoms with Gasteiger partial charge in [-0.05, 0) is 108 Å². The van der Waals surface area contributed by atoms with Crippen molar-refractivity contribution in [2.75, 3.05) is 0 Å². The highest BCUT2D eigenvalue weighted by atomic mass is 16.5. The topological polar surface area (TPSA) is 295 Å². The summed E-state index contributed by atoms with van der Waals surface area (Å²) in [7, 11) is 0. The van der Waals surface area contributed by atoms with Gasteiger partial charge in [0.25, 0.3) is 0 Å². The van der Waals surface area contributed by atoms with E-state index in [0.717, 1.165) is 65.1 Å². The van der Waals surface area contributed by atoms with Gasteiger partial charge in [-0.1, -0.05) is 428 Å². The largest absolute Gasteiger partial charge is 0.365 e. The third kappa shape index (κ3) is 576. The maximum absolute atomic E-state index is 4.33. The zero-order valence-electron chi connectivity index (χ0n) is 93.9. The van der Waals surface area contributed by atoms with E-state index in [-0.39, 0.29) is 0 Å². The Bertz CT molecular complexity index is 1940. The number of benzene rings is 1. The molecule has 4 N–H and O–H groups in total. The molecular formula is C105H219N21O. The molecule has 11 rings (SSSR count). The van der Waals surface area contributed by atoms with Gasteiger partial charge in [0.05, 0.1) is 31.1 Å². The number of nitrogens with one attached hydrogen (secondary N) is 4. The summed E-state index contributed by atoms with van der Waals surface area (Å²) in [5, 5.41) is 38.8. The molecule has 0 spiro atoms. The van der Waals surface area contributed by atoms with E-state index in [1.165, 1.54) is 37.8 Å². The SMILES string of the molecule is CC.CC.CC.CC.CC.CC.CC.CC.CC.CC.CC.CC(C)C.CC(C)C.CC(C)C.CC(C)C.CC(C)C.CC(C)C.CC(C)C.CC(C)C.CC(C)C.CC(C)C.CC(C)C.c1c[nH]cn1.c1ccccc1.c1ccncc1.c1ccnnc1.c1cn[nH]c1.c1cn[nH]n1.c1cnccn1.c1cncnc1.c1cnncn1.c1cnoc1.c1nc[nH]n1. The Kier molecular flexibility index (Phi) is 300. The van der Waals surface area contributed by atoms with Crippen molar-refractivity contribution < 1.29 is 4.52 Å². The molecule has 11 aromatic rings. The molecule has 0 saturated carbocycles. The molecule has 22 nitrogen and oxygen atoms in total. The predicted molar refractivity (Wildman–Crippen MR) is 574 cm³/mol. The lowest BCUT2D eigenvalue weighted by Gasteiger charge is -1.79. The molecular weight excluding hydrogens is 1570 g/mol. The molecule has 0 bridgehead atoms. The molecule has 10 heterocycles. The van der Waals surface area contributed by atoms with Gasteiger partial charge in [-0.2, -0.15) is 40.9 Å². The fraction of sp³-hybridized carbons (Fsp3) is 0.629. The molecule has 0 aliphatic carbocycles. The summed E-state index contributed by atoms with van der Waals surface area (Å²) in [5.41, 5.74) is 0. The van der Waals surface area contributed by atoms with Crippen molar-refractivity contribution in [3.8, 4) is 0 Å². The van der Waals surface area contributed by atoms with Crippen LogP contribution < -0.4 is 0 Å². The smallest absolute Gasteiger partial charge is 0.138 e. The van der Waals surface area contributed by atoms with E-state index in [1.54, 1.807) is 130 Å². The molecule has 0 aliphatic heterocycles. The Labute approximate surface area is 792 Å². The summed E-state index contributed by atoms with van der Waals surface area (Å²) in [4.78, 5) is 32.2. The molecule has 0 atom stereocenters. The number of nitrogens with zero attached hydrogens (tertiary/aromatic N) is 17. The van der Waals surface area contributed by atoms with E-state index in [9.17, 15) is 0 Å². The van der Waals surface area contributed by atoms with Gasteiger partial charge in [-0.25, -0.2) is 24.9 Å². The number of aromatic amines is 4. The van der Waals surface area contributed by atoms with Crippen molar-refractivity contribution >= 4 is 0 Å². The second-order valence-corrected chi connectivity index (χ2v) is 28.3. The van der Waals surface area contributed by atoms with Crippen LogP contribution in [-0.2, 0) is 0 Å². The first-order chi connectivity index (χ1) is 60.6. The van der Waals surface area contributed by atoms with Crippen LogP contribution in [0.2, 0.25) is 0 Å². The monoisotopic (exact) mass is 1790 g/mol. The molecule has 0 radical (unpaired) electrons. The molecule has 750 valence electrons. The minimum Gasteiger partial charge on any atom is -0.365 e. The van der Waals surface area contributed by atoms with E-state index in [0.29, 0.717) is 0 Å². The molecule has 1 aromatic carbocycles. The van der Waals surface area contributed by atoms with Gasteiger partial charge >= 0.3 is 0 Å². The van der Waals surface area contributed by atoms with Crippen LogP contribution in [0.4, 0.5) is 0 Å². The highest BCUT2D eigenvalue weighted by molar-refractivity contribution is 4.99. The van der Waals surface area contributed by atoms with Gasteiger partial charge in [0.2, 0.25) is 0 Å². The lowest BCUT2D eigenvalue weighted by molar-refractivity contribution is 0.420. The lowest BCUT2D eigenvalue weighted by Crippen LogP contribution is -1.75. The van der Waals surface area contributed by atoms with Crippen LogP contribution >= 0.6 is 0 Å². The molecule has 10 aromatic heterocycles. The van der Waals surface area contributed by atoms with E-state index in [2.05, 4.69) is 339 Å². The minimum atomic E-state index is 0.833. The summed E-state index contributed by atoms with van der Waals surface area (Å²) in [5.74, 6) is 9.17. The van der Waals surface area contributed by atoms with Crippen molar-refractivity contribution in [1.29, 1.82) is 0 Å². The Balaban J connectivity index is -0.0000000451. The van der Waals surface area contributed by atoms with Crippen molar-refractivity contribution in [2.24, 2.45) is 65.1 Å². The van der Waals surface area contributed by atoms with Crippen molar-refractivity contribution in [2.45, 2.75) is 381 Å². The third-order valence-electron chi connectivity index (χ3n) is 4.90. The standard InChI is InChI=1S/C6H6.C5H5N.3C4H4N2.11C4H10.C3H3N3.2C3H4N2.C3H3NO.2C2H3N3.11C2H6/c2*1-2-4-6-5-3-1;1-2-6-4-3-5-1;1-2-5-4-6-3-1;1-2-4-6-5-3-1;11*1-4(2)3;1-2-5-6-3-4-1;1-2-5-3-4-1;2*1-2-4-5-3-1;1-3-2-5-4-1;1-2-4-5-3-1;11*1-2/h1-6H;1-5H;3*1-4H;11*4H,1-3H3;1-3H;2*1-3H,(H,4,5);1-3H;2*1-2H,(H,3,4,5);11*1-2H3. The van der Waals surface area contributed by atoms with Gasteiger partial charge in [0, 0.05) is 93.0 Å². The maximum atomic E-state index is 4.33. The van der Waals surface area contributed by atoms with Crippen molar-refractivity contribution in [1.82, 2.24) is 106 Å². The Morgan fingerprint density at radius 3 is 0.551 bits per heavy atom. The molecule has 0 amide bonds. The lowest BCUT2D eigenvalue weighted by atomic mass is 10.3. The number of H-pyrrole nitrogens is 4. The first kappa shape index (κ1) is 175. The summed E-state index contributed by atoms with van der Waals surface area (Å²) in [6, 6.07) is 26.7. The Morgan fingerprint density at radius 1 is 0.181 bits per heavy atom. The molecule has 0 unspecified atom stereocenters. The average Bonchev–Trinajstić information content (AvgIpc) is 2.13. The Morgan fingerprint density at radius 2 is 0.465 bits per heavy atom. The third-order valence-corrected chi connectivity index (χ3v) is 4.90. The van der Waals surface area contributed by atoms with Crippen LogP contribution in [0.5, 0.6) is 0 Å². The maximum Gasteiger partial charge on any atom is 0.138 e. The average molecular weight is 1790 g/mol. The van der Waals surface area contributed by atoms with Crippen molar-refractivity contribution in [3.05, 3.63) is 241 Å². The number of pyridine rings is 1. The van der Waals surface area contributed by atoms with E-state index >= 15 is 0 Å². The van der Waals surface area contributed by atoms with Crippen LogP contribution in [0.3, 0.4) is 0 Å². The fourth-order valence-electron chi connectivity index (χ4n) is 2.60. The van der Waals surface area contributed by atoms with Crippen molar-refractivity contribution in [3.63, 3.8) is 0 Å². The van der Waals surface area contributed by atoms with Crippen LogP contribution in [-0.4, -0.2) is 106 Å². The number of imidazole rings is 1. The van der Waals surface area contributed by atoms with Crippen LogP contribution in [0, 0.1) is 65.1 Å². The number of rotatable bonds is 0. The van der Waals surface area contributed by atoms with Crippen LogP contribution in [0.25, 0.3) is 0 Å². The normalized spacial score (nSPS) is 7.48. The van der Waals surface area contributed by atoms with E-state index in [1.807, 2.05) is 225 Å². The van der Waals surface area contributed by atoms with Gasteiger partial charge in [0.1, 0.15) is 31.6 Å². The molecule has 127 heavy (non-hydrogen) atoms. The van der Waals surface area contributed by atoms with Gasteiger partial charge in [-0.3, -0.25) is 25.1 Å². The summed E-state index contributed by atoms with van der Waals surface area (Å²) >= 11 is 0. The number of hydrogen-bond donors (Lipinski definition) is 4. The summed E-state index contributed by atoms with van der Waals surface area (Å²) in [6.45, 7) is 116. The van der Waals surface area contributed by atoms with Gasteiger partial charge in [0.15, 0.2) is 0 Å². The van der Waals surface area contributed by atoms with Gasteiger partial charge < -0.3 is 9.51 Å². The summed E-state index contributed by atoms with van der Waals surface area (Å²) < 4.78 is 4.33. The molecule has 22 heteroatoms. The minimum absolute atomic E-state index is 0.833. The van der Waals surface area contributed by atoms with E-state index in [4.69, 9.17) is 0 Å². The molecule has 0 fully saturated rings. The highest BCUT2D eigenvalue weighted by Crippen LogP contribution is 1.87. The number of hydrogen-bond acceptors (Lipinski definition) is 18. The first-order valence-electron chi connectivity index (χ1n) is 47.4.